The maximum absolute atomic E-state index is 6.20. The highest BCUT2D eigenvalue weighted by Crippen LogP contribution is 2.24. The average molecular weight is 435 g/mol. The molecule has 32 heavy (non-hydrogen) atoms. The number of rotatable bonds is 7. The van der Waals surface area contributed by atoms with E-state index in [0.29, 0.717) is 25.6 Å². The van der Waals surface area contributed by atoms with E-state index >= 15 is 0 Å². The van der Waals surface area contributed by atoms with Crippen LogP contribution in [0.25, 0.3) is 0 Å². The number of hydrogen-bond acceptors (Lipinski definition) is 4. The Bertz CT molecular complexity index is 1050. The third-order valence-electron chi connectivity index (χ3n) is 4.94. The molecule has 0 aliphatic heterocycles. The number of nitrogens with one attached hydrogen (secondary N) is 2. The third-order valence-corrected chi connectivity index (χ3v) is 4.94. The molecule has 3 rings (SSSR count). The highest BCUT2D eigenvalue weighted by molar-refractivity contribution is 5.79. The van der Waals surface area contributed by atoms with Gasteiger partial charge in [0, 0.05) is 19.2 Å². The lowest BCUT2D eigenvalue weighted by molar-refractivity contribution is 0.129. The number of aromatic nitrogens is 3. The maximum atomic E-state index is 6.20. The zero-order valence-corrected chi connectivity index (χ0v) is 19.9. The molecular weight excluding hydrogens is 400 g/mol. The first kappa shape index (κ1) is 23.3. The Morgan fingerprint density at radius 2 is 1.72 bits per heavy atom. The number of ether oxygens (including phenoxy) is 1. The summed E-state index contributed by atoms with van der Waals surface area (Å²) in [6, 6.07) is 16.5. The molecule has 3 aromatic rings. The molecule has 0 amide bonds. The molecule has 170 valence electrons. The minimum absolute atomic E-state index is 0.270. The van der Waals surface area contributed by atoms with Crippen molar-refractivity contribution in [3.05, 3.63) is 76.9 Å². The topological polar surface area (TPSA) is 76.4 Å². The SMILES string of the molecule is Cc1ccc(CNC(=NCc2ccccc2)NCc2nnc(C)n2C)c(OC(C)(C)C)c1. The van der Waals surface area contributed by atoms with E-state index in [1.807, 2.05) is 36.7 Å². The molecule has 0 unspecified atom stereocenters. The quantitative estimate of drug-likeness (QED) is 0.433. The molecule has 0 saturated carbocycles. The van der Waals surface area contributed by atoms with Gasteiger partial charge in [0.15, 0.2) is 11.8 Å². The van der Waals surface area contributed by atoms with Crippen molar-refractivity contribution in [2.45, 2.75) is 59.9 Å². The molecular formula is C25H34N6O. The number of aryl methyl sites for hydroxylation is 2. The van der Waals surface area contributed by atoms with Crippen LogP contribution in [-0.4, -0.2) is 26.3 Å². The van der Waals surface area contributed by atoms with E-state index in [1.165, 1.54) is 5.56 Å². The second-order valence-electron chi connectivity index (χ2n) is 8.91. The lowest BCUT2D eigenvalue weighted by Gasteiger charge is -2.24. The van der Waals surface area contributed by atoms with Crippen molar-refractivity contribution in [3.63, 3.8) is 0 Å². The summed E-state index contributed by atoms with van der Waals surface area (Å²) in [7, 11) is 1.96. The second-order valence-corrected chi connectivity index (χ2v) is 8.91. The van der Waals surface area contributed by atoms with Crippen molar-refractivity contribution in [2.75, 3.05) is 0 Å². The van der Waals surface area contributed by atoms with Crippen molar-refractivity contribution < 1.29 is 4.74 Å². The molecule has 0 saturated heterocycles. The number of hydrogen-bond donors (Lipinski definition) is 2. The van der Waals surface area contributed by atoms with Gasteiger partial charge in [-0.25, -0.2) is 4.99 Å². The summed E-state index contributed by atoms with van der Waals surface area (Å²) in [4.78, 5) is 4.78. The lowest BCUT2D eigenvalue weighted by Crippen LogP contribution is -2.37. The largest absolute Gasteiger partial charge is 0.488 e. The van der Waals surface area contributed by atoms with Gasteiger partial charge in [-0.2, -0.15) is 0 Å². The van der Waals surface area contributed by atoms with Gasteiger partial charge in [-0.1, -0.05) is 42.5 Å². The highest BCUT2D eigenvalue weighted by Gasteiger charge is 2.15. The fourth-order valence-corrected chi connectivity index (χ4v) is 3.11. The summed E-state index contributed by atoms with van der Waals surface area (Å²) in [6.07, 6.45) is 0. The van der Waals surface area contributed by atoms with Gasteiger partial charge in [-0.3, -0.25) is 0 Å². The second kappa shape index (κ2) is 10.3. The van der Waals surface area contributed by atoms with Crippen LogP contribution < -0.4 is 15.4 Å². The Balaban J connectivity index is 1.75. The molecule has 0 spiro atoms. The standard InChI is InChI=1S/C25H34N6O/c1-18-12-13-21(22(14-18)32-25(3,4)5)16-27-24(26-15-20-10-8-7-9-11-20)28-17-23-30-29-19(2)31(23)6/h7-14H,15-17H2,1-6H3,(H2,26,27,28). The number of guanidine groups is 1. The Morgan fingerprint density at radius 3 is 2.38 bits per heavy atom. The smallest absolute Gasteiger partial charge is 0.192 e. The summed E-state index contributed by atoms with van der Waals surface area (Å²) in [5.41, 5.74) is 3.12. The molecule has 0 aliphatic rings. The van der Waals surface area contributed by atoms with Crippen LogP contribution in [0, 0.1) is 13.8 Å². The van der Waals surface area contributed by atoms with Crippen molar-refractivity contribution in [1.82, 2.24) is 25.4 Å². The van der Waals surface area contributed by atoms with Crippen LogP contribution in [0.1, 0.15) is 49.1 Å². The molecule has 2 N–H and O–H groups in total. The molecule has 0 bridgehead atoms. The van der Waals surface area contributed by atoms with Gasteiger partial charge in [0.1, 0.15) is 17.2 Å². The van der Waals surface area contributed by atoms with Gasteiger partial charge in [0.2, 0.25) is 0 Å². The zero-order valence-electron chi connectivity index (χ0n) is 19.9. The van der Waals surface area contributed by atoms with Gasteiger partial charge < -0.3 is 19.9 Å². The molecule has 0 aliphatic carbocycles. The molecule has 0 fully saturated rings. The molecule has 2 aromatic carbocycles. The van der Waals surface area contributed by atoms with Crippen LogP contribution in [-0.2, 0) is 26.7 Å². The van der Waals surface area contributed by atoms with Crippen LogP contribution in [0.5, 0.6) is 5.75 Å². The lowest BCUT2D eigenvalue weighted by atomic mass is 10.1. The molecule has 1 heterocycles. The van der Waals surface area contributed by atoms with Crippen LogP contribution in [0.15, 0.2) is 53.5 Å². The predicted molar refractivity (Wildman–Crippen MR) is 129 cm³/mol. The van der Waals surface area contributed by atoms with Crippen LogP contribution in [0.3, 0.4) is 0 Å². The number of aliphatic imine (C=N–C) groups is 1. The Kier molecular flexibility index (Phi) is 7.51. The van der Waals surface area contributed by atoms with Crippen molar-refractivity contribution in [2.24, 2.45) is 12.0 Å². The molecule has 0 atom stereocenters. The van der Waals surface area contributed by atoms with E-state index in [2.05, 4.69) is 78.9 Å². The first-order chi connectivity index (χ1) is 15.2. The zero-order chi connectivity index (χ0) is 23.1. The number of benzene rings is 2. The molecule has 7 nitrogen and oxygen atoms in total. The minimum atomic E-state index is -0.270. The summed E-state index contributed by atoms with van der Waals surface area (Å²) in [5.74, 6) is 3.32. The average Bonchev–Trinajstić information content (AvgIpc) is 3.06. The van der Waals surface area contributed by atoms with Gasteiger partial charge >= 0.3 is 0 Å². The Morgan fingerprint density at radius 1 is 1.00 bits per heavy atom. The summed E-state index contributed by atoms with van der Waals surface area (Å²) >= 11 is 0. The Hall–Kier alpha value is -3.35. The minimum Gasteiger partial charge on any atom is -0.488 e. The van der Waals surface area contributed by atoms with Crippen molar-refractivity contribution >= 4 is 5.96 Å². The fraction of sp³-hybridized carbons (Fsp3) is 0.400. The van der Waals surface area contributed by atoms with Crippen LogP contribution in [0.4, 0.5) is 0 Å². The fourth-order valence-electron chi connectivity index (χ4n) is 3.11. The van der Waals surface area contributed by atoms with E-state index in [0.717, 1.165) is 28.5 Å². The molecule has 1 aromatic heterocycles. The monoisotopic (exact) mass is 434 g/mol. The van der Waals surface area contributed by atoms with Gasteiger partial charge in [-0.05, 0) is 51.8 Å². The summed E-state index contributed by atoms with van der Waals surface area (Å²) < 4.78 is 8.17. The first-order valence-corrected chi connectivity index (χ1v) is 10.9. The van der Waals surface area contributed by atoms with E-state index in [1.54, 1.807) is 0 Å². The normalized spacial score (nSPS) is 12.0. The van der Waals surface area contributed by atoms with Crippen LogP contribution >= 0.6 is 0 Å². The summed E-state index contributed by atoms with van der Waals surface area (Å²) in [6.45, 7) is 11.9. The Labute approximate surface area is 190 Å². The first-order valence-electron chi connectivity index (χ1n) is 10.9. The predicted octanol–water partition coefficient (Wildman–Crippen LogP) is 4.04. The molecule has 7 heteroatoms. The van der Waals surface area contributed by atoms with E-state index < -0.39 is 0 Å². The number of nitrogens with zero attached hydrogens (tertiary/aromatic N) is 4. The van der Waals surface area contributed by atoms with Crippen molar-refractivity contribution in [3.8, 4) is 5.75 Å². The van der Waals surface area contributed by atoms with E-state index in [4.69, 9.17) is 9.73 Å². The van der Waals surface area contributed by atoms with E-state index in [9.17, 15) is 0 Å². The van der Waals surface area contributed by atoms with Gasteiger partial charge in [0.25, 0.3) is 0 Å². The van der Waals surface area contributed by atoms with Crippen LogP contribution in [0.2, 0.25) is 0 Å². The third kappa shape index (κ3) is 6.83. The van der Waals surface area contributed by atoms with Gasteiger partial charge in [-0.15, -0.1) is 10.2 Å². The molecule has 0 radical (unpaired) electrons. The van der Waals surface area contributed by atoms with Crippen molar-refractivity contribution in [1.29, 1.82) is 0 Å². The summed E-state index contributed by atoms with van der Waals surface area (Å²) in [5, 5.41) is 15.2. The highest BCUT2D eigenvalue weighted by atomic mass is 16.5. The van der Waals surface area contributed by atoms with Gasteiger partial charge in [0.05, 0.1) is 13.1 Å². The maximum Gasteiger partial charge on any atom is 0.192 e. The van der Waals surface area contributed by atoms with E-state index in [-0.39, 0.29) is 5.60 Å².